The highest BCUT2D eigenvalue weighted by Crippen LogP contribution is 2.57. The van der Waals surface area contributed by atoms with Crippen LogP contribution >= 0.6 is 0 Å². The fourth-order valence-electron chi connectivity index (χ4n) is 6.40. The maximum atomic E-state index is 14.4. The van der Waals surface area contributed by atoms with Gasteiger partial charge >= 0.3 is 0 Å². The van der Waals surface area contributed by atoms with E-state index < -0.39 is 16.4 Å². The van der Waals surface area contributed by atoms with E-state index in [0.717, 1.165) is 49.8 Å². The summed E-state index contributed by atoms with van der Waals surface area (Å²) in [5, 5.41) is 21.1. The average Bonchev–Trinajstić information content (AvgIpc) is 3.20. The van der Waals surface area contributed by atoms with E-state index >= 15 is 0 Å². The average molecular weight is 478 g/mol. The van der Waals surface area contributed by atoms with E-state index in [1.54, 1.807) is 17.0 Å². The molecule has 0 radical (unpaired) electrons. The lowest BCUT2D eigenvalue weighted by Gasteiger charge is -2.48. The van der Waals surface area contributed by atoms with Crippen molar-refractivity contribution >= 4 is 23.2 Å². The Kier molecular flexibility index (Phi) is 6.09. The Morgan fingerprint density at radius 2 is 1.80 bits per heavy atom. The number of nitrogens with zero attached hydrogens (tertiary/aromatic N) is 3. The first-order valence-electron chi connectivity index (χ1n) is 12.5. The van der Waals surface area contributed by atoms with Gasteiger partial charge in [0.1, 0.15) is 5.41 Å². The van der Waals surface area contributed by atoms with Crippen LogP contribution < -0.4 is 4.90 Å². The van der Waals surface area contributed by atoms with Crippen molar-refractivity contribution in [2.24, 2.45) is 0 Å². The van der Waals surface area contributed by atoms with Crippen LogP contribution in [0, 0.1) is 10.1 Å². The van der Waals surface area contributed by atoms with Gasteiger partial charge < -0.3 is 14.9 Å². The van der Waals surface area contributed by atoms with Crippen LogP contribution in [-0.2, 0) is 21.6 Å². The molecule has 2 aromatic carbocycles. The van der Waals surface area contributed by atoms with Gasteiger partial charge in [-0.25, -0.2) is 0 Å². The Balaban J connectivity index is 1.74. The van der Waals surface area contributed by atoms with Crippen LogP contribution in [0.3, 0.4) is 0 Å². The van der Waals surface area contributed by atoms with Crippen molar-refractivity contribution in [3.63, 3.8) is 0 Å². The van der Waals surface area contributed by atoms with Crippen LogP contribution in [0.2, 0.25) is 0 Å². The fraction of sp³-hybridized carbons (Fsp3) is 0.481. The number of anilines is 1. The zero-order valence-electron chi connectivity index (χ0n) is 20.0. The SMILES string of the molecule is CCCN1C(=O)[C@@]2(c3ccc([N+](=O)[O-])cc3)CC(=O)N(C3CCCCC3)[C@@H]2c2ccc(CO)cc21. The van der Waals surface area contributed by atoms with E-state index in [4.69, 9.17) is 0 Å². The van der Waals surface area contributed by atoms with Gasteiger partial charge in [0.05, 0.1) is 17.6 Å². The van der Waals surface area contributed by atoms with Gasteiger partial charge in [0, 0.05) is 36.8 Å². The summed E-state index contributed by atoms with van der Waals surface area (Å²) in [6, 6.07) is 11.4. The van der Waals surface area contributed by atoms with E-state index in [1.165, 1.54) is 12.1 Å². The van der Waals surface area contributed by atoms with Gasteiger partial charge in [-0.1, -0.05) is 50.5 Å². The number of rotatable bonds is 6. The minimum absolute atomic E-state index is 0.0378. The first-order valence-corrected chi connectivity index (χ1v) is 12.5. The molecule has 1 N–H and O–H groups in total. The first-order chi connectivity index (χ1) is 16.9. The lowest BCUT2D eigenvalue weighted by Crippen LogP contribution is -2.55. The van der Waals surface area contributed by atoms with Gasteiger partial charge in [-0.15, -0.1) is 0 Å². The fourth-order valence-corrected chi connectivity index (χ4v) is 6.40. The second-order valence-corrected chi connectivity index (χ2v) is 9.96. The molecule has 5 rings (SSSR count). The highest BCUT2D eigenvalue weighted by atomic mass is 16.6. The topological polar surface area (TPSA) is 104 Å². The van der Waals surface area contributed by atoms with Crippen molar-refractivity contribution in [1.82, 2.24) is 4.90 Å². The Bertz CT molecular complexity index is 1160. The molecule has 1 saturated heterocycles. The van der Waals surface area contributed by atoms with Crippen LogP contribution in [0.1, 0.15) is 74.6 Å². The molecule has 35 heavy (non-hydrogen) atoms. The molecule has 2 atom stereocenters. The van der Waals surface area contributed by atoms with Gasteiger partial charge in [0.15, 0.2) is 0 Å². The molecule has 2 aromatic rings. The number of aliphatic hydroxyl groups excluding tert-OH is 1. The van der Waals surface area contributed by atoms with Crippen molar-refractivity contribution in [2.45, 2.75) is 76.0 Å². The van der Waals surface area contributed by atoms with Gasteiger partial charge in [0.25, 0.3) is 5.69 Å². The minimum Gasteiger partial charge on any atom is -0.392 e. The van der Waals surface area contributed by atoms with Crippen molar-refractivity contribution in [3.05, 3.63) is 69.3 Å². The highest BCUT2D eigenvalue weighted by molar-refractivity contribution is 6.09. The van der Waals surface area contributed by atoms with E-state index in [9.17, 15) is 24.8 Å². The number of likely N-dealkylation sites (tertiary alicyclic amines) is 1. The number of aliphatic hydroxyl groups is 1. The summed E-state index contributed by atoms with van der Waals surface area (Å²) < 4.78 is 0. The monoisotopic (exact) mass is 477 g/mol. The quantitative estimate of drug-likeness (QED) is 0.491. The first kappa shape index (κ1) is 23.5. The number of nitro groups is 1. The number of carbonyl (C=O) groups excluding carboxylic acids is 2. The maximum absolute atomic E-state index is 14.4. The van der Waals surface area contributed by atoms with Crippen LogP contribution in [0.4, 0.5) is 11.4 Å². The zero-order valence-corrected chi connectivity index (χ0v) is 20.0. The summed E-state index contributed by atoms with van der Waals surface area (Å²) in [5.74, 6) is -0.184. The second-order valence-electron chi connectivity index (χ2n) is 9.96. The molecule has 8 nitrogen and oxygen atoms in total. The molecule has 8 heteroatoms. The summed E-state index contributed by atoms with van der Waals surface area (Å²) in [6.45, 7) is 2.35. The predicted molar refractivity (Wildman–Crippen MR) is 131 cm³/mol. The Hall–Kier alpha value is -3.26. The molecule has 0 bridgehead atoms. The van der Waals surface area contributed by atoms with Gasteiger partial charge in [-0.05, 0) is 42.0 Å². The molecule has 3 aliphatic rings. The van der Waals surface area contributed by atoms with Crippen molar-refractivity contribution in [1.29, 1.82) is 0 Å². The lowest BCUT2D eigenvalue weighted by atomic mass is 9.67. The standard InChI is InChI=1S/C27H31N3O5/c1-2-14-28-23-15-18(17-31)8-13-22(23)25-27(26(28)33,19-9-11-21(12-10-19)30(34)35)16-24(32)29(25)20-6-4-3-5-7-20/h8-13,15,20,25,31H,2-7,14,16-17H2,1H3/t25-,27-/m1/s1. The molecule has 184 valence electrons. The molecule has 2 amide bonds. The summed E-state index contributed by atoms with van der Waals surface area (Å²) in [7, 11) is 0. The zero-order chi connectivity index (χ0) is 24.7. The third kappa shape index (κ3) is 3.62. The predicted octanol–water partition coefficient (Wildman–Crippen LogP) is 4.39. The molecular weight excluding hydrogens is 446 g/mol. The van der Waals surface area contributed by atoms with Gasteiger partial charge in [0.2, 0.25) is 11.8 Å². The Morgan fingerprint density at radius 1 is 1.09 bits per heavy atom. The van der Waals surface area contributed by atoms with Gasteiger partial charge in [-0.3, -0.25) is 19.7 Å². The van der Waals surface area contributed by atoms with Crippen molar-refractivity contribution in [2.75, 3.05) is 11.4 Å². The number of benzene rings is 2. The molecular formula is C27H31N3O5. The number of fused-ring (bicyclic) bond motifs is 3. The highest BCUT2D eigenvalue weighted by Gasteiger charge is 2.63. The summed E-state index contributed by atoms with van der Waals surface area (Å²) in [5.41, 5.74) is 1.83. The lowest BCUT2D eigenvalue weighted by molar-refractivity contribution is -0.384. The molecule has 1 aliphatic carbocycles. The summed E-state index contributed by atoms with van der Waals surface area (Å²) in [6.07, 6.45) is 5.86. The van der Waals surface area contributed by atoms with Crippen LogP contribution in [-0.4, -0.2) is 39.3 Å². The normalized spacial score (nSPS) is 24.5. The number of nitro benzene ring substituents is 1. The smallest absolute Gasteiger partial charge is 0.269 e. The van der Waals surface area contributed by atoms with Crippen molar-refractivity contribution in [3.8, 4) is 0 Å². The third-order valence-electron chi connectivity index (χ3n) is 7.96. The van der Waals surface area contributed by atoms with Gasteiger partial charge in [-0.2, -0.15) is 0 Å². The van der Waals surface area contributed by atoms with E-state index in [0.29, 0.717) is 17.7 Å². The maximum Gasteiger partial charge on any atom is 0.269 e. The van der Waals surface area contributed by atoms with E-state index in [1.807, 2.05) is 30.0 Å². The molecule has 0 spiro atoms. The van der Waals surface area contributed by atoms with Crippen LogP contribution in [0.25, 0.3) is 0 Å². The molecule has 0 unspecified atom stereocenters. The van der Waals surface area contributed by atoms with Crippen LogP contribution in [0.5, 0.6) is 0 Å². The number of amides is 2. The summed E-state index contributed by atoms with van der Waals surface area (Å²) >= 11 is 0. The molecule has 2 heterocycles. The number of hydrogen-bond donors (Lipinski definition) is 1. The molecule has 2 fully saturated rings. The second kappa shape index (κ2) is 9.07. The van der Waals surface area contributed by atoms with E-state index in [-0.39, 0.29) is 36.6 Å². The third-order valence-corrected chi connectivity index (χ3v) is 7.96. The van der Waals surface area contributed by atoms with E-state index in [2.05, 4.69) is 0 Å². The Labute approximate surface area is 204 Å². The number of non-ortho nitro benzene ring substituents is 1. The van der Waals surface area contributed by atoms with Crippen LogP contribution in [0.15, 0.2) is 42.5 Å². The molecule has 0 aromatic heterocycles. The number of hydrogen-bond acceptors (Lipinski definition) is 5. The number of carbonyl (C=O) groups is 2. The largest absolute Gasteiger partial charge is 0.392 e. The molecule has 1 saturated carbocycles. The molecule has 2 aliphatic heterocycles. The minimum atomic E-state index is -1.15. The van der Waals surface area contributed by atoms with Crippen molar-refractivity contribution < 1.29 is 19.6 Å². The Morgan fingerprint density at radius 3 is 2.43 bits per heavy atom. The summed E-state index contributed by atoms with van der Waals surface area (Å²) in [4.78, 5) is 42.7.